The molecule has 3 rings (SSSR count). The number of alkyl halides is 3. The molecule has 3 atom stereocenters. The Balaban J connectivity index is 1.73. The van der Waals surface area contributed by atoms with Crippen molar-refractivity contribution in [2.45, 2.75) is 45.1 Å². The van der Waals surface area contributed by atoms with Crippen LogP contribution in [-0.2, 0) is 10.9 Å². The first-order valence-electron chi connectivity index (χ1n) is 7.79. The summed E-state index contributed by atoms with van der Waals surface area (Å²) in [5.74, 6) is 1.33. The van der Waals surface area contributed by atoms with Gasteiger partial charge in [0.1, 0.15) is 11.5 Å². The first kappa shape index (κ1) is 15.6. The molecule has 1 aliphatic carbocycles. The summed E-state index contributed by atoms with van der Waals surface area (Å²) >= 11 is 0. The molecule has 0 unspecified atom stereocenters. The normalized spacial score (nSPS) is 28.5. The van der Waals surface area contributed by atoms with Gasteiger partial charge in [0.25, 0.3) is 0 Å². The van der Waals surface area contributed by atoms with Gasteiger partial charge in [0, 0.05) is 19.0 Å². The minimum atomic E-state index is -4.39. The third kappa shape index (κ3) is 3.07. The number of anilines is 1. The van der Waals surface area contributed by atoms with Gasteiger partial charge in [-0.05, 0) is 44.7 Å². The van der Waals surface area contributed by atoms with Crippen LogP contribution in [0.3, 0.4) is 0 Å². The first-order valence-corrected chi connectivity index (χ1v) is 7.79. The Bertz CT molecular complexity index is 532. The van der Waals surface area contributed by atoms with Gasteiger partial charge in [0.05, 0.1) is 12.2 Å². The van der Waals surface area contributed by atoms with Gasteiger partial charge in [-0.25, -0.2) is 4.98 Å². The molecule has 0 N–H and O–H groups in total. The highest BCUT2D eigenvalue weighted by Gasteiger charge is 2.44. The molecule has 2 heterocycles. The fraction of sp³-hybridized carbons (Fsp3) is 0.688. The van der Waals surface area contributed by atoms with Gasteiger partial charge in [-0.1, -0.05) is 6.07 Å². The Morgan fingerprint density at radius 3 is 2.68 bits per heavy atom. The van der Waals surface area contributed by atoms with Gasteiger partial charge in [-0.2, -0.15) is 13.2 Å². The molecule has 2 aliphatic rings. The highest BCUT2D eigenvalue weighted by molar-refractivity contribution is 5.41. The number of hydrogen-bond acceptors (Lipinski definition) is 3. The van der Waals surface area contributed by atoms with E-state index in [1.807, 2.05) is 18.7 Å². The molecule has 1 saturated carbocycles. The SMILES string of the molecule is CC(C)O[C@H]1CC[C@@H]2CN(c3cccc(C(F)(F)F)n3)C[C@@H]21. The summed E-state index contributed by atoms with van der Waals surface area (Å²) in [5.41, 5.74) is -0.822. The van der Waals surface area contributed by atoms with E-state index in [1.54, 1.807) is 6.07 Å². The second kappa shape index (κ2) is 5.72. The molecule has 1 aromatic rings. The summed E-state index contributed by atoms with van der Waals surface area (Å²) in [6, 6.07) is 4.11. The van der Waals surface area contributed by atoms with E-state index in [0.717, 1.165) is 32.0 Å². The van der Waals surface area contributed by atoms with E-state index in [2.05, 4.69) is 4.98 Å². The summed E-state index contributed by atoms with van der Waals surface area (Å²) in [6.07, 6.45) is -1.85. The maximum absolute atomic E-state index is 12.8. The number of rotatable bonds is 3. The molecule has 22 heavy (non-hydrogen) atoms. The Kier molecular flexibility index (Phi) is 4.05. The van der Waals surface area contributed by atoms with Gasteiger partial charge < -0.3 is 9.64 Å². The molecule has 6 heteroatoms. The average molecular weight is 314 g/mol. The summed E-state index contributed by atoms with van der Waals surface area (Å²) in [4.78, 5) is 5.77. The minimum absolute atomic E-state index is 0.185. The molecule has 0 amide bonds. The summed E-state index contributed by atoms with van der Waals surface area (Å²) in [5, 5.41) is 0. The van der Waals surface area contributed by atoms with E-state index in [0.29, 0.717) is 17.7 Å². The van der Waals surface area contributed by atoms with E-state index in [1.165, 1.54) is 6.07 Å². The molecule has 1 saturated heterocycles. The van der Waals surface area contributed by atoms with Crippen LogP contribution in [0.15, 0.2) is 18.2 Å². The zero-order valence-electron chi connectivity index (χ0n) is 12.8. The molecule has 0 bridgehead atoms. The van der Waals surface area contributed by atoms with Crippen LogP contribution >= 0.6 is 0 Å². The first-order chi connectivity index (χ1) is 10.3. The number of pyridine rings is 1. The fourth-order valence-electron chi connectivity index (χ4n) is 3.68. The number of hydrogen-bond donors (Lipinski definition) is 0. The van der Waals surface area contributed by atoms with Crippen LogP contribution in [0.1, 0.15) is 32.4 Å². The van der Waals surface area contributed by atoms with Gasteiger partial charge in [0.2, 0.25) is 0 Å². The van der Waals surface area contributed by atoms with Crippen LogP contribution in [-0.4, -0.2) is 30.3 Å². The monoisotopic (exact) mass is 314 g/mol. The van der Waals surface area contributed by atoms with Crippen LogP contribution in [0.25, 0.3) is 0 Å². The number of ether oxygens (including phenoxy) is 1. The smallest absolute Gasteiger partial charge is 0.375 e. The maximum Gasteiger partial charge on any atom is 0.433 e. The molecule has 1 aromatic heterocycles. The lowest BCUT2D eigenvalue weighted by Gasteiger charge is -2.23. The van der Waals surface area contributed by atoms with Crippen molar-refractivity contribution in [3.8, 4) is 0 Å². The fourth-order valence-corrected chi connectivity index (χ4v) is 3.68. The molecule has 1 aliphatic heterocycles. The van der Waals surface area contributed by atoms with Crippen LogP contribution in [0.5, 0.6) is 0 Å². The van der Waals surface area contributed by atoms with Crippen molar-refractivity contribution in [1.29, 1.82) is 0 Å². The van der Waals surface area contributed by atoms with Crippen LogP contribution in [0.2, 0.25) is 0 Å². The lowest BCUT2D eigenvalue weighted by Crippen LogP contribution is -2.28. The molecule has 0 radical (unpaired) electrons. The quantitative estimate of drug-likeness (QED) is 0.850. The van der Waals surface area contributed by atoms with Gasteiger partial charge >= 0.3 is 6.18 Å². The zero-order valence-corrected chi connectivity index (χ0v) is 12.8. The Morgan fingerprint density at radius 1 is 1.23 bits per heavy atom. The summed E-state index contributed by atoms with van der Waals surface area (Å²) < 4.78 is 44.3. The van der Waals surface area contributed by atoms with Crippen LogP contribution in [0.4, 0.5) is 19.0 Å². The standard InChI is InChI=1S/C16H21F3N2O/c1-10(2)22-13-7-6-11-8-21(9-12(11)13)15-5-3-4-14(20-15)16(17,18)19/h3-5,10-13H,6-9H2,1-2H3/t11-,12+,13+/m1/s1. The maximum atomic E-state index is 12.8. The van der Waals surface area contributed by atoms with E-state index < -0.39 is 11.9 Å². The Morgan fingerprint density at radius 2 is 2.00 bits per heavy atom. The van der Waals surface area contributed by atoms with Crippen LogP contribution in [0, 0.1) is 11.8 Å². The van der Waals surface area contributed by atoms with Gasteiger partial charge in [-0.3, -0.25) is 0 Å². The largest absolute Gasteiger partial charge is 0.433 e. The number of fused-ring (bicyclic) bond motifs is 1. The number of nitrogens with zero attached hydrogens (tertiary/aromatic N) is 2. The molecular weight excluding hydrogens is 293 g/mol. The van der Waals surface area contributed by atoms with E-state index >= 15 is 0 Å². The number of halogens is 3. The van der Waals surface area contributed by atoms with Crippen molar-refractivity contribution >= 4 is 5.82 Å². The predicted molar refractivity (Wildman–Crippen MR) is 77.7 cm³/mol. The average Bonchev–Trinajstić information content (AvgIpc) is 3.00. The lowest BCUT2D eigenvalue weighted by molar-refractivity contribution is -0.141. The van der Waals surface area contributed by atoms with Gasteiger partial charge in [-0.15, -0.1) is 0 Å². The van der Waals surface area contributed by atoms with Crippen LogP contribution < -0.4 is 4.90 Å². The molecule has 122 valence electrons. The van der Waals surface area contributed by atoms with Crippen molar-refractivity contribution in [3.63, 3.8) is 0 Å². The second-order valence-electron chi connectivity index (χ2n) is 6.51. The highest BCUT2D eigenvalue weighted by atomic mass is 19.4. The molecular formula is C16H21F3N2O. The third-order valence-corrected chi connectivity index (χ3v) is 4.59. The van der Waals surface area contributed by atoms with E-state index in [4.69, 9.17) is 4.74 Å². The van der Waals surface area contributed by atoms with Crippen molar-refractivity contribution in [1.82, 2.24) is 4.98 Å². The highest BCUT2D eigenvalue weighted by Crippen LogP contribution is 2.41. The lowest BCUT2D eigenvalue weighted by atomic mass is 9.99. The van der Waals surface area contributed by atoms with Gasteiger partial charge in [0.15, 0.2) is 0 Å². The van der Waals surface area contributed by atoms with Crippen molar-refractivity contribution in [2.24, 2.45) is 11.8 Å². The zero-order chi connectivity index (χ0) is 15.9. The number of aromatic nitrogens is 1. The minimum Gasteiger partial charge on any atom is -0.375 e. The Hall–Kier alpha value is -1.30. The molecule has 2 fully saturated rings. The predicted octanol–water partition coefficient (Wildman–Crippen LogP) is 3.74. The van der Waals surface area contributed by atoms with Crippen molar-refractivity contribution in [3.05, 3.63) is 23.9 Å². The molecule has 0 aromatic carbocycles. The van der Waals surface area contributed by atoms with Crippen molar-refractivity contribution < 1.29 is 17.9 Å². The summed E-state index contributed by atoms with van der Waals surface area (Å²) in [6.45, 7) is 5.55. The van der Waals surface area contributed by atoms with E-state index in [9.17, 15) is 13.2 Å². The molecule has 3 nitrogen and oxygen atoms in total. The van der Waals surface area contributed by atoms with E-state index in [-0.39, 0.29) is 12.2 Å². The third-order valence-electron chi connectivity index (χ3n) is 4.59. The Labute approximate surface area is 128 Å². The molecule has 0 spiro atoms. The topological polar surface area (TPSA) is 25.4 Å². The second-order valence-corrected chi connectivity index (χ2v) is 6.51. The van der Waals surface area contributed by atoms with Crippen molar-refractivity contribution in [2.75, 3.05) is 18.0 Å². The summed E-state index contributed by atoms with van der Waals surface area (Å²) in [7, 11) is 0.